The summed E-state index contributed by atoms with van der Waals surface area (Å²) in [5.74, 6) is -1.57. The molecule has 0 amide bonds. The van der Waals surface area contributed by atoms with Gasteiger partial charge in [0.25, 0.3) is 0 Å². The van der Waals surface area contributed by atoms with Gasteiger partial charge in [0, 0.05) is 21.4 Å². The molecule has 2 aromatic rings. The fourth-order valence-corrected chi connectivity index (χ4v) is 3.38. The largest absolute Gasteiger partial charge is 0.478 e. The lowest BCUT2D eigenvalue weighted by Crippen LogP contribution is -2.04. The normalized spacial score (nSPS) is 12.1. The van der Waals surface area contributed by atoms with Crippen molar-refractivity contribution in [1.82, 2.24) is 0 Å². The standard InChI is InChI=1S/C15H12ClFO3S/c16-13-4-2-1-3-11(13)8-21(20)9-12-7-10(15(18)19)5-6-14(12)17/h1-7H,8-9H2,(H,18,19). The maximum absolute atomic E-state index is 13.7. The highest BCUT2D eigenvalue weighted by atomic mass is 35.5. The number of carbonyl (C=O) groups is 1. The number of benzene rings is 2. The summed E-state index contributed by atoms with van der Waals surface area (Å²) in [5, 5.41) is 9.40. The van der Waals surface area contributed by atoms with Gasteiger partial charge in [-0.2, -0.15) is 0 Å². The molecule has 3 nitrogen and oxygen atoms in total. The molecule has 0 bridgehead atoms. The lowest BCUT2D eigenvalue weighted by Gasteiger charge is -2.07. The zero-order valence-electron chi connectivity index (χ0n) is 10.9. The average Bonchev–Trinajstić information content (AvgIpc) is 2.43. The smallest absolute Gasteiger partial charge is 0.335 e. The highest BCUT2D eigenvalue weighted by molar-refractivity contribution is 7.83. The van der Waals surface area contributed by atoms with Gasteiger partial charge in [-0.3, -0.25) is 4.21 Å². The molecular formula is C15H12ClFO3S. The van der Waals surface area contributed by atoms with E-state index in [9.17, 15) is 13.4 Å². The minimum absolute atomic E-state index is 0.0267. The van der Waals surface area contributed by atoms with Crippen LogP contribution in [0.1, 0.15) is 21.5 Å². The summed E-state index contributed by atoms with van der Waals surface area (Å²) in [6.07, 6.45) is 0. The van der Waals surface area contributed by atoms with Gasteiger partial charge in [-0.25, -0.2) is 9.18 Å². The maximum Gasteiger partial charge on any atom is 0.335 e. The van der Waals surface area contributed by atoms with E-state index in [4.69, 9.17) is 16.7 Å². The number of carboxylic acids is 1. The van der Waals surface area contributed by atoms with Crippen LogP contribution >= 0.6 is 11.6 Å². The summed E-state index contributed by atoms with van der Waals surface area (Å²) in [4.78, 5) is 10.9. The molecule has 0 aliphatic rings. The van der Waals surface area contributed by atoms with Gasteiger partial charge in [0.1, 0.15) is 5.82 Å². The van der Waals surface area contributed by atoms with Gasteiger partial charge in [0.15, 0.2) is 0 Å². The van der Waals surface area contributed by atoms with Crippen LogP contribution in [0.25, 0.3) is 0 Å². The summed E-state index contributed by atoms with van der Waals surface area (Å²) < 4.78 is 25.8. The van der Waals surface area contributed by atoms with E-state index in [1.54, 1.807) is 24.3 Å². The molecule has 1 unspecified atom stereocenters. The van der Waals surface area contributed by atoms with Gasteiger partial charge in [0.05, 0.1) is 17.1 Å². The summed E-state index contributed by atoms with van der Waals surface area (Å²) in [5.41, 5.74) is 0.814. The molecule has 0 aliphatic carbocycles. The first-order valence-corrected chi connectivity index (χ1v) is 7.94. The number of halogens is 2. The Labute approximate surface area is 128 Å². The summed E-state index contributed by atoms with van der Waals surface area (Å²) >= 11 is 5.98. The fourth-order valence-electron chi connectivity index (χ4n) is 1.83. The average molecular weight is 327 g/mol. The second-order valence-corrected chi connectivity index (χ2v) is 6.30. The van der Waals surface area contributed by atoms with Crippen LogP contribution in [0.4, 0.5) is 4.39 Å². The highest BCUT2D eigenvalue weighted by Crippen LogP contribution is 2.19. The molecule has 0 aromatic heterocycles. The molecule has 2 aromatic carbocycles. The highest BCUT2D eigenvalue weighted by Gasteiger charge is 2.12. The molecule has 0 fully saturated rings. The Bertz CT molecular complexity index is 703. The second-order valence-electron chi connectivity index (χ2n) is 4.43. The zero-order chi connectivity index (χ0) is 15.4. The van der Waals surface area contributed by atoms with Gasteiger partial charge < -0.3 is 5.11 Å². The molecule has 0 heterocycles. The van der Waals surface area contributed by atoms with Crippen molar-refractivity contribution in [3.63, 3.8) is 0 Å². The SMILES string of the molecule is O=C(O)c1ccc(F)c(CS(=O)Cc2ccccc2Cl)c1. The number of rotatable bonds is 5. The van der Waals surface area contributed by atoms with Crippen molar-refractivity contribution in [2.75, 3.05) is 0 Å². The van der Waals surface area contributed by atoms with E-state index in [-0.39, 0.29) is 22.6 Å². The Morgan fingerprint density at radius 3 is 2.48 bits per heavy atom. The minimum atomic E-state index is -1.38. The second kappa shape index (κ2) is 6.83. The van der Waals surface area contributed by atoms with E-state index in [1.165, 1.54) is 12.1 Å². The predicted octanol–water partition coefficient (Wildman–Crippen LogP) is 3.63. The van der Waals surface area contributed by atoms with Crippen LogP contribution in [-0.2, 0) is 22.3 Å². The molecule has 0 spiro atoms. The van der Waals surface area contributed by atoms with Crippen molar-refractivity contribution >= 4 is 28.4 Å². The van der Waals surface area contributed by atoms with E-state index in [0.717, 1.165) is 6.07 Å². The van der Waals surface area contributed by atoms with Crippen molar-refractivity contribution in [1.29, 1.82) is 0 Å². The zero-order valence-corrected chi connectivity index (χ0v) is 12.5. The first-order chi connectivity index (χ1) is 9.97. The Morgan fingerprint density at radius 2 is 1.81 bits per heavy atom. The summed E-state index contributed by atoms with van der Waals surface area (Å²) in [6, 6.07) is 10.5. The van der Waals surface area contributed by atoms with Gasteiger partial charge >= 0.3 is 5.97 Å². The lowest BCUT2D eigenvalue weighted by atomic mass is 10.1. The van der Waals surface area contributed by atoms with Crippen molar-refractivity contribution in [2.24, 2.45) is 0 Å². The van der Waals surface area contributed by atoms with Gasteiger partial charge in [-0.15, -0.1) is 0 Å². The summed E-state index contributed by atoms with van der Waals surface area (Å²) in [6.45, 7) is 0. The lowest BCUT2D eigenvalue weighted by molar-refractivity contribution is 0.0696. The molecule has 1 atom stereocenters. The molecule has 1 N–H and O–H groups in total. The van der Waals surface area contributed by atoms with Gasteiger partial charge in [0.2, 0.25) is 0 Å². The Hall–Kier alpha value is -1.72. The quantitative estimate of drug-likeness (QED) is 0.913. The Balaban J connectivity index is 2.15. The minimum Gasteiger partial charge on any atom is -0.478 e. The number of carboxylic acid groups (broad SMARTS) is 1. The fraction of sp³-hybridized carbons (Fsp3) is 0.133. The van der Waals surface area contributed by atoms with Crippen molar-refractivity contribution in [3.8, 4) is 0 Å². The first-order valence-electron chi connectivity index (χ1n) is 6.07. The molecule has 0 aliphatic heterocycles. The number of hydrogen-bond acceptors (Lipinski definition) is 2. The summed E-state index contributed by atoms with van der Waals surface area (Å²) in [7, 11) is -1.38. The predicted molar refractivity (Wildman–Crippen MR) is 80.4 cm³/mol. The van der Waals surface area contributed by atoms with Crippen molar-refractivity contribution in [3.05, 3.63) is 70.0 Å². The third-order valence-electron chi connectivity index (χ3n) is 2.88. The van der Waals surface area contributed by atoms with E-state index in [2.05, 4.69) is 0 Å². The molecule has 21 heavy (non-hydrogen) atoms. The molecule has 110 valence electrons. The van der Waals surface area contributed by atoms with Crippen LogP contribution in [0.2, 0.25) is 5.02 Å². The molecule has 0 radical (unpaired) electrons. The van der Waals surface area contributed by atoms with Crippen LogP contribution in [0.3, 0.4) is 0 Å². The van der Waals surface area contributed by atoms with Crippen LogP contribution in [-0.4, -0.2) is 15.3 Å². The Morgan fingerprint density at radius 1 is 1.14 bits per heavy atom. The van der Waals surface area contributed by atoms with Crippen LogP contribution in [0.15, 0.2) is 42.5 Å². The van der Waals surface area contributed by atoms with Crippen LogP contribution < -0.4 is 0 Å². The van der Waals surface area contributed by atoms with E-state index in [0.29, 0.717) is 10.6 Å². The topological polar surface area (TPSA) is 54.4 Å². The van der Waals surface area contributed by atoms with E-state index in [1.807, 2.05) is 0 Å². The van der Waals surface area contributed by atoms with Gasteiger partial charge in [-0.05, 0) is 29.8 Å². The maximum atomic E-state index is 13.7. The van der Waals surface area contributed by atoms with E-state index < -0.39 is 22.6 Å². The van der Waals surface area contributed by atoms with Crippen molar-refractivity contribution < 1.29 is 18.5 Å². The number of hydrogen-bond donors (Lipinski definition) is 1. The molecule has 0 saturated carbocycles. The molecular weight excluding hydrogens is 315 g/mol. The third kappa shape index (κ3) is 4.12. The van der Waals surface area contributed by atoms with Crippen molar-refractivity contribution in [2.45, 2.75) is 11.5 Å². The first kappa shape index (κ1) is 15.7. The Kier molecular flexibility index (Phi) is 5.09. The molecule has 2 rings (SSSR count). The molecule has 0 saturated heterocycles. The molecule has 6 heteroatoms. The number of aromatic carboxylic acids is 1. The van der Waals surface area contributed by atoms with Crippen LogP contribution in [0, 0.1) is 5.82 Å². The third-order valence-corrected chi connectivity index (χ3v) is 4.52. The van der Waals surface area contributed by atoms with E-state index >= 15 is 0 Å². The monoisotopic (exact) mass is 326 g/mol. The van der Waals surface area contributed by atoms with Crippen LogP contribution in [0.5, 0.6) is 0 Å². The van der Waals surface area contributed by atoms with Gasteiger partial charge in [-0.1, -0.05) is 29.8 Å².